The van der Waals surface area contributed by atoms with Crippen LogP contribution in [0, 0.1) is 0 Å². The minimum absolute atomic E-state index is 0.631. The van der Waals surface area contributed by atoms with Crippen LogP contribution < -0.4 is 0 Å². The van der Waals surface area contributed by atoms with Crippen LogP contribution >= 0.6 is 10.0 Å². The lowest BCUT2D eigenvalue weighted by molar-refractivity contribution is 0.723. The molecule has 0 aliphatic carbocycles. The van der Waals surface area contributed by atoms with Crippen molar-refractivity contribution in [3.8, 4) is 0 Å². The topological polar surface area (TPSA) is 4.93 Å². The smallest absolute Gasteiger partial charge is 0.0586 e. The second-order valence-corrected chi connectivity index (χ2v) is 8.94. The summed E-state index contributed by atoms with van der Waals surface area (Å²) in [6, 6.07) is 11.3. The summed E-state index contributed by atoms with van der Waals surface area (Å²) < 4.78 is 2.54. The van der Waals surface area contributed by atoms with E-state index in [9.17, 15) is 0 Å². The fourth-order valence-electron chi connectivity index (χ4n) is 2.93. The number of aromatic nitrogens is 1. The molecule has 0 N–H and O–H groups in total. The van der Waals surface area contributed by atoms with Gasteiger partial charge in [-0.05, 0) is 36.3 Å². The van der Waals surface area contributed by atoms with E-state index in [1.165, 1.54) is 28.2 Å². The summed E-state index contributed by atoms with van der Waals surface area (Å²) >= 11 is 0. The molecule has 18 heavy (non-hydrogen) atoms. The number of para-hydroxylation sites is 1. The molecule has 0 spiro atoms. The highest BCUT2D eigenvalue weighted by molar-refractivity contribution is 8.33. The minimum atomic E-state index is -0.631. The summed E-state index contributed by atoms with van der Waals surface area (Å²) in [6.07, 6.45) is 0. The van der Waals surface area contributed by atoms with E-state index >= 15 is 0 Å². The Labute approximate surface area is 113 Å². The molecule has 0 aliphatic rings. The van der Waals surface area contributed by atoms with E-state index in [2.05, 4.69) is 62.6 Å². The third kappa shape index (κ3) is 1.97. The molecule has 0 unspecified atom stereocenters. The summed E-state index contributed by atoms with van der Waals surface area (Å²) in [7, 11) is -0.631. The lowest BCUT2D eigenvalue weighted by Crippen LogP contribution is -2.14. The first-order chi connectivity index (χ1) is 8.72. The number of rotatable bonds is 5. The second-order valence-electron chi connectivity index (χ2n) is 4.70. The summed E-state index contributed by atoms with van der Waals surface area (Å²) in [4.78, 5) is 0. The van der Waals surface area contributed by atoms with Gasteiger partial charge in [0.2, 0.25) is 0 Å². The zero-order chi connectivity index (χ0) is 13.2. The molecule has 0 saturated heterocycles. The Morgan fingerprint density at radius 1 is 0.944 bits per heavy atom. The summed E-state index contributed by atoms with van der Waals surface area (Å²) in [5.41, 5.74) is 1.40. The molecule has 0 fully saturated rings. The van der Waals surface area contributed by atoms with E-state index in [4.69, 9.17) is 0 Å². The highest BCUT2D eigenvalue weighted by atomic mass is 32.3. The lowest BCUT2D eigenvalue weighted by atomic mass is 10.2. The molecular weight excluding hydrogens is 238 g/mol. The molecule has 0 bridgehead atoms. The molecule has 1 heterocycles. The minimum Gasteiger partial charge on any atom is -0.337 e. The van der Waals surface area contributed by atoms with Gasteiger partial charge >= 0.3 is 0 Å². The zero-order valence-electron chi connectivity index (χ0n) is 12.1. The normalized spacial score (nSPS) is 13.1. The molecule has 1 aromatic carbocycles. The standard InChI is InChI=1S/C16H25NS/c1-5-17-15-12-10-9-11-14(15)13-16(17)18(6-2,7-3)8-4/h9-13H,5-8H2,1-4H3. The van der Waals surface area contributed by atoms with Crippen LogP contribution in [0.2, 0.25) is 0 Å². The highest BCUT2D eigenvalue weighted by Crippen LogP contribution is 2.56. The van der Waals surface area contributed by atoms with Crippen molar-refractivity contribution in [2.75, 3.05) is 17.3 Å². The van der Waals surface area contributed by atoms with Gasteiger partial charge in [0.05, 0.1) is 5.03 Å². The van der Waals surface area contributed by atoms with Gasteiger partial charge < -0.3 is 4.57 Å². The first kappa shape index (κ1) is 13.5. The quantitative estimate of drug-likeness (QED) is 0.724. The van der Waals surface area contributed by atoms with Gasteiger partial charge in [0.15, 0.2) is 0 Å². The van der Waals surface area contributed by atoms with Crippen molar-refractivity contribution in [3.05, 3.63) is 30.3 Å². The van der Waals surface area contributed by atoms with Gasteiger partial charge in [-0.15, -0.1) is 0 Å². The average Bonchev–Trinajstić information content (AvgIpc) is 2.80. The van der Waals surface area contributed by atoms with Crippen molar-refractivity contribution in [1.82, 2.24) is 4.57 Å². The number of hydrogen-bond acceptors (Lipinski definition) is 0. The van der Waals surface area contributed by atoms with Crippen LogP contribution in [0.3, 0.4) is 0 Å². The van der Waals surface area contributed by atoms with Gasteiger partial charge in [0.1, 0.15) is 0 Å². The van der Waals surface area contributed by atoms with Crippen molar-refractivity contribution >= 4 is 20.9 Å². The Hall–Kier alpha value is -0.890. The van der Waals surface area contributed by atoms with Crippen molar-refractivity contribution in [2.24, 2.45) is 0 Å². The fourth-order valence-corrected chi connectivity index (χ4v) is 6.11. The first-order valence-electron chi connectivity index (χ1n) is 7.07. The van der Waals surface area contributed by atoms with Crippen LogP contribution in [0.15, 0.2) is 35.4 Å². The number of nitrogens with zero attached hydrogens (tertiary/aromatic N) is 1. The van der Waals surface area contributed by atoms with Crippen molar-refractivity contribution in [2.45, 2.75) is 39.3 Å². The van der Waals surface area contributed by atoms with E-state index in [-0.39, 0.29) is 0 Å². The number of fused-ring (bicyclic) bond motifs is 1. The monoisotopic (exact) mass is 263 g/mol. The van der Waals surface area contributed by atoms with Crippen LogP contribution in [-0.2, 0) is 6.54 Å². The molecule has 0 aliphatic heterocycles. The van der Waals surface area contributed by atoms with Crippen LogP contribution in [0.5, 0.6) is 0 Å². The number of benzene rings is 1. The SMILES string of the molecule is CCn1c(S(CC)(CC)CC)cc2ccccc21. The van der Waals surface area contributed by atoms with E-state index in [0.29, 0.717) is 0 Å². The van der Waals surface area contributed by atoms with E-state index < -0.39 is 10.0 Å². The van der Waals surface area contributed by atoms with Crippen molar-refractivity contribution in [3.63, 3.8) is 0 Å². The highest BCUT2D eigenvalue weighted by Gasteiger charge is 2.24. The predicted octanol–water partition coefficient (Wildman–Crippen LogP) is 4.88. The zero-order valence-corrected chi connectivity index (χ0v) is 12.9. The van der Waals surface area contributed by atoms with E-state index in [1.807, 2.05) is 0 Å². The van der Waals surface area contributed by atoms with Gasteiger partial charge in [-0.3, -0.25) is 0 Å². The molecule has 0 amide bonds. The third-order valence-electron chi connectivity index (χ3n) is 4.19. The Kier molecular flexibility index (Phi) is 4.06. The second kappa shape index (κ2) is 5.40. The molecule has 2 rings (SSSR count). The maximum Gasteiger partial charge on any atom is 0.0586 e. The molecule has 1 aromatic heterocycles. The molecule has 100 valence electrons. The van der Waals surface area contributed by atoms with Crippen LogP contribution in [0.25, 0.3) is 10.9 Å². The Bertz CT molecular complexity index is 515. The third-order valence-corrected chi connectivity index (χ3v) is 8.73. The number of hydrogen-bond donors (Lipinski definition) is 0. The van der Waals surface area contributed by atoms with Gasteiger partial charge in [-0.2, -0.15) is 0 Å². The summed E-state index contributed by atoms with van der Waals surface area (Å²) in [5.74, 6) is 3.91. The Morgan fingerprint density at radius 2 is 1.56 bits per heavy atom. The van der Waals surface area contributed by atoms with Crippen molar-refractivity contribution in [1.29, 1.82) is 0 Å². The van der Waals surface area contributed by atoms with Crippen LogP contribution in [-0.4, -0.2) is 21.8 Å². The molecular formula is C16H25NS. The Morgan fingerprint density at radius 3 is 2.11 bits per heavy atom. The van der Waals surface area contributed by atoms with E-state index in [0.717, 1.165) is 6.54 Å². The predicted molar refractivity (Wildman–Crippen MR) is 85.1 cm³/mol. The van der Waals surface area contributed by atoms with Crippen LogP contribution in [0.4, 0.5) is 0 Å². The fraction of sp³-hybridized carbons (Fsp3) is 0.500. The summed E-state index contributed by atoms with van der Waals surface area (Å²) in [5, 5.41) is 3.01. The Balaban J connectivity index is 2.69. The van der Waals surface area contributed by atoms with Gasteiger partial charge in [0, 0.05) is 17.4 Å². The van der Waals surface area contributed by atoms with Gasteiger partial charge in [-0.25, -0.2) is 10.0 Å². The molecule has 1 nitrogen and oxygen atoms in total. The largest absolute Gasteiger partial charge is 0.337 e. The molecule has 0 radical (unpaired) electrons. The maximum absolute atomic E-state index is 2.54. The van der Waals surface area contributed by atoms with E-state index in [1.54, 1.807) is 5.03 Å². The molecule has 2 heteroatoms. The van der Waals surface area contributed by atoms with Crippen LogP contribution in [0.1, 0.15) is 27.7 Å². The average molecular weight is 263 g/mol. The number of aryl methyl sites for hydroxylation is 1. The molecule has 0 saturated carbocycles. The summed E-state index contributed by atoms with van der Waals surface area (Å²) in [6.45, 7) is 10.4. The lowest BCUT2D eigenvalue weighted by Gasteiger charge is -2.38. The first-order valence-corrected chi connectivity index (χ1v) is 9.21. The van der Waals surface area contributed by atoms with Crippen molar-refractivity contribution < 1.29 is 0 Å². The van der Waals surface area contributed by atoms with Gasteiger partial charge in [0.25, 0.3) is 0 Å². The molecule has 0 atom stereocenters. The molecule has 2 aromatic rings. The van der Waals surface area contributed by atoms with Gasteiger partial charge in [-0.1, -0.05) is 39.0 Å². The maximum atomic E-state index is 2.54.